The van der Waals surface area contributed by atoms with Crippen molar-refractivity contribution in [3.05, 3.63) is 65.2 Å². The maximum atomic E-state index is 12.1. The van der Waals surface area contributed by atoms with Crippen molar-refractivity contribution >= 4 is 17.5 Å². The maximum absolute atomic E-state index is 12.1. The van der Waals surface area contributed by atoms with Crippen LogP contribution in [0.25, 0.3) is 0 Å². The fraction of sp³-hybridized carbons (Fsp3) is 0.167. The van der Waals surface area contributed by atoms with Crippen LogP contribution in [-0.2, 0) is 4.79 Å². The highest BCUT2D eigenvalue weighted by Crippen LogP contribution is 2.10. The highest BCUT2D eigenvalue weighted by molar-refractivity contribution is 6.01. The maximum Gasteiger partial charge on any atom is 0.251 e. The summed E-state index contributed by atoms with van der Waals surface area (Å²) in [5.41, 5.74) is 2.46. The third kappa shape index (κ3) is 4.42. The van der Waals surface area contributed by atoms with Crippen molar-refractivity contribution < 1.29 is 9.59 Å². The van der Waals surface area contributed by atoms with Crippen LogP contribution >= 0.6 is 0 Å². The molecule has 1 unspecified atom stereocenters. The van der Waals surface area contributed by atoms with Crippen molar-refractivity contribution in [1.82, 2.24) is 5.32 Å². The van der Waals surface area contributed by atoms with E-state index >= 15 is 0 Å². The van der Waals surface area contributed by atoms with E-state index in [9.17, 15) is 9.59 Å². The number of rotatable bonds is 4. The number of carbonyl (C=O) groups is 2. The Balaban J connectivity index is 1.99. The van der Waals surface area contributed by atoms with E-state index < -0.39 is 6.04 Å². The number of anilines is 1. The van der Waals surface area contributed by atoms with Gasteiger partial charge in [-0.2, -0.15) is 5.26 Å². The largest absolute Gasteiger partial charge is 0.341 e. The van der Waals surface area contributed by atoms with Gasteiger partial charge in [0.25, 0.3) is 5.91 Å². The van der Waals surface area contributed by atoms with Crippen LogP contribution in [0.1, 0.15) is 28.4 Å². The zero-order valence-corrected chi connectivity index (χ0v) is 13.0. The van der Waals surface area contributed by atoms with Gasteiger partial charge in [0.1, 0.15) is 6.04 Å². The van der Waals surface area contributed by atoms with Crippen molar-refractivity contribution in [3.63, 3.8) is 0 Å². The fourth-order valence-electron chi connectivity index (χ4n) is 2.05. The molecule has 2 amide bonds. The Morgan fingerprint density at radius 2 is 1.87 bits per heavy atom. The average molecular weight is 307 g/mol. The Morgan fingerprint density at radius 1 is 1.13 bits per heavy atom. The molecule has 2 aromatic rings. The van der Waals surface area contributed by atoms with Crippen LogP contribution in [0, 0.1) is 18.3 Å². The van der Waals surface area contributed by atoms with Gasteiger partial charge >= 0.3 is 0 Å². The molecule has 0 aliphatic heterocycles. The minimum atomic E-state index is -0.700. The highest BCUT2D eigenvalue weighted by atomic mass is 16.2. The number of hydrogen-bond acceptors (Lipinski definition) is 3. The second-order valence-electron chi connectivity index (χ2n) is 5.25. The monoisotopic (exact) mass is 307 g/mol. The normalized spacial score (nSPS) is 11.2. The molecule has 0 aliphatic carbocycles. The number of carbonyl (C=O) groups excluding carboxylic acids is 2. The molecule has 2 aromatic carbocycles. The van der Waals surface area contributed by atoms with Gasteiger partial charge in [0.2, 0.25) is 5.91 Å². The fourth-order valence-corrected chi connectivity index (χ4v) is 2.05. The van der Waals surface area contributed by atoms with E-state index in [2.05, 4.69) is 10.6 Å². The number of amides is 2. The van der Waals surface area contributed by atoms with E-state index in [0.717, 1.165) is 5.56 Å². The van der Waals surface area contributed by atoms with Gasteiger partial charge < -0.3 is 10.6 Å². The molecule has 5 nitrogen and oxygen atoms in total. The van der Waals surface area contributed by atoms with E-state index in [1.165, 1.54) is 0 Å². The lowest BCUT2D eigenvalue weighted by molar-refractivity contribution is -0.117. The molecule has 0 radical (unpaired) electrons. The summed E-state index contributed by atoms with van der Waals surface area (Å²) in [7, 11) is 0. The average Bonchev–Trinajstić information content (AvgIpc) is 2.54. The Morgan fingerprint density at radius 3 is 2.57 bits per heavy atom. The minimum absolute atomic E-state index is 0.304. The van der Waals surface area contributed by atoms with Crippen molar-refractivity contribution in [3.8, 4) is 6.07 Å². The molecule has 0 spiro atoms. The molecule has 2 N–H and O–H groups in total. The van der Waals surface area contributed by atoms with Gasteiger partial charge in [-0.15, -0.1) is 0 Å². The van der Waals surface area contributed by atoms with E-state index in [1.807, 2.05) is 19.1 Å². The van der Waals surface area contributed by atoms with Crippen LogP contribution in [0.3, 0.4) is 0 Å². The molecule has 0 aromatic heterocycles. The lowest BCUT2D eigenvalue weighted by atomic mass is 10.1. The first-order chi connectivity index (χ1) is 11.0. The minimum Gasteiger partial charge on any atom is -0.341 e. The molecular formula is C18H17N3O2. The summed E-state index contributed by atoms with van der Waals surface area (Å²) in [6, 6.07) is 15.1. The third-order valence-electron chi connectivity index (χ3n) is 3.28. The molecule has 0 fully saturated rings. The number of benzene rings is 2. The third-order valence-corrected chi connectivity index (χ3v) is 3.28. The standard InChI is InChI=1S/C18H17N3O2/c1-12-5-3-7-15(9-12)18(23)20-13(2)17(22)21-16-8-4-6-14(10-16)11-19/h3-10,13H,1-2H3,(H,20,23)(H,21,22). The zero-order valence-electron chi connectivity index (χ0n) is 13.0. The van der Waals surface area contributed by atoms with E-state index in [0.29, 0.717) is 16.8 Å². The molecule has 0 aliphatic rings. The number of aryl methyl sites for hydroxylation is 1. The van der Waals surface area contributed by atoms with Gasteiger partial charge in [-0.1, -0.05) is 23.8 Å². The molecular weight excluding hydrogens is 290 g/mol. The molecule has 5 heteroatoms. The summed E-state index contributed by atoms with van der Waals surface area (Å²) >= 11 is 0. The topological polar surface area (TPSA) is 82.0 Å². The SMILES string of the molecule is Cc1cccc(C(=O)NC(C)C(=O)Nc2cccc(C#N)c2)c1. The van der Waals surface area contributed by atoms with Crippen LogP contribution in [0.5, 0.6) is 0 Å². The number of nitrogens with one attached hydrogen (secondary N) is 2. The van der Waals surface area contributed by atoms with Crippen LogP contribution < -0.4 is 10.6 Å². The summed E-state index contributed by atoms with van der Waals surface area (Å²) in [5, 5.41) is 14.2. The highest BCUT2D eigenvalue weighted by Gasteiger charge is 2.16. The summed E-state index contributed by atoms with van der Waals surface area (Å²) in [6.07, 6.45) is 0. The van der Waals surface area contributed by atoms with Gasteiger partial charge in [-0.05, 0) is 44.2 Å². The number of hydrogen-bond donors (Lipinski definition) is 2. The Bertz CT molecular complexity index is 778. The quantitative estimate of drug-likeness (QED) is 0.911. The molecule has 23 heavy (non-hydrogen) atoms. The first-order valence-corrected chi connectivity index (χ1v) is 7.18. The predicted octanol–water partition coefficient (Wildman–Crippen LogP) is 2.62. The van der Waals surface area contributed by atoms with Gasteiger partial charge in [0, 0.05) is 11.3 Å². The summed E-state index contributed by atoms with van der Waals surface area (Å²) in [6.45, 7) is 3.51. The smallest absolute Gasteiger partial charge is 0.251 e. The molecule has 2 rings (SSSR count). The van der Waals surface area contributed by atoms with Crippen molar-refractivity contribution in [2.24, 2.45) is 0 Å². The van der Waals surface area contributed by atoms with Gasteiger partial charge in [0.05, 0.1) is 11.6 Å². The number of nitriles is 1. The van der Waals surface area contributed by atoms with Gasteiger partial charge in [0.15, 0.2) is 0 Å². The molecule has 116 valence electrons. The van der Waals surface area contributed by atoms with E-state index in [4.69, 9.17) is 5.26 Å². The van der Waals surface area contributed by atoms with Gasteiger partial charge in [-0.3, -0.25) is 9.59 Å². The van der Waals surface area contributed by atoms with Crippen LogP contribution in [0.15, 0.2) is 48.5 Å². The first-order valence-electron chi connectivity index (χ1n) is 7.18. The lowest BCUT2D eigenvalue weighted by Gasteiger charge is -2.14. The zero-order chi connectivity index (χ0) is 16.8. The predicted molar refractivity (Wildman–Crippen MR) is 87.9 cm³/mol. The van der Waals surface area contributed by atoms with Crippen LogP contribution in [0.2, 0.25) is 0 Å². The number of nitrogens with zero attached hydrogens (tertiary/aromatic N) is 1. The van der Waals surface area contributed by atoms with E-state index in [1.54, 1.807) is 49.4 Å². The van der Waals surface area contributed by atoms with Crippen molar-refractivity contribution in [2.75, 3.05) is 5.32 Å². The molecule has 0 saturated heterocycles. The molecule has 0 saturated carbocycles. The Kier molecular flexibility index (Phi) is 5.11. The van der Waals surface area contributed by atoms with Crippen LogP contribution in [-0.4, -0.2) is 17.9 Å². The summed E-state index contributed by atoms with van der Waals surface area (Å²) < 4.78 is 0. The van der Waals surface area contributed by atoms with Crippen molar-refractivity contribution in [2.45, 2.75) is 19.9 Å². The first kappa shape index (κ1) is 16.2. The Labute approximate surface area is 134 Å². The molecule has 1 atom stereocenters. The Hall–Kier alpha value is -3.13. The summed E-state index contributed by atoms with van der Waals surface area (Å²) in [4.78, 5) is 24.3. The second kappa shape index (κ2) is 7.23. The molecule has 0 heterocycles. The van der Waals surface area contributed by atoms with Crippen molar-refractivity contribution in [1.29, 1.82) is 5.26 Å². The summed E-state index contributed by atoms with van der Waals surface area (Å²) in [5.74, 6) is -0.650. The lowest BCUT2D eigenvalue weighted by Crippen LogP contribution is -2.41. The van der Waals surface area contributed by atoms with Crippen LogP contribution in [0.4, 0.5) is 5.69 Å². The molecule has 0 bridgehead atoms. The second-order valence-corrected chi connectivity index (χ2v) is 5.25. The van der Waals surface area contributed by atoms with E-state index in [-0.39, 0.29) is 11.8 Å². The van der Waals surface area contributed by atoms with Gasteiger partial charge in [-0.25, -0.2) is 0 Å².